The molecular formula is C22H19FN6O. The molecule has 1 aliphatic heterocycles. The highest BCUT2D eigenvalue weighted by Crippen LogP contribution is 2.28. The molecule has 8 heteroatoms. The molecule has 0 radical (unpaired) electrons. The minimum Gasteiger partial charge on any atom is -0.328 e. The van der Waals surface area contributed by atoms with Gasteiger partial charge in [-0.3, -0.25) is 9.48 Å². The van der Waals surface area contributed by atoms with E-state index in [4.69, 9.17) is 5.84 Å². The molecule has 0 saturated heterocycles. The molecule has 0 atom stereocenters. The van der Waals surface area contributed by atoms with E-state index in [2.05, 4.69) is 15.5 Å². The molecular weight excluding hydrogens is 383 g/mol. The highest BCUT2D eigenvalue weighted by molar-refractivity contribution is 5.96. The summed E-state index contributed by atoms with van der Waals surface area (Å²) in [6.07, 6.45) is 1.93. The molecule has 0 fully saturated rings. The van der Waals surface area contributed by atoms with Crippen molar-refractivity contribution < 1.29 is 9.18 Å². The maximum absolute atomic E-state index is 14.9. The number of hydrogen-bond donors (Lipinski definition) is 2. The van der Waals surface area contributed by atoms with Crippen molar-refractivity contribution in [2.45, 2.75) is 13.1 Å². The van der Waals surface area contributed by atoms with Gasteiger partial charge in [0.05, 0.1) is 5.52 Å². The fourth-order valence-corrected chi connectivity index (χ4v) is 3.83. The molecule has 1 amide bonds. The van der Waals surface area contributed by atoms with Crippen LogP contribution in [-0.4, -0.2) is 25.6 Å². The summed E-state index contributed by atoms with van der Waals surface area (Å²) in [5, 5.41) is 5.36. The van der Waals surface area contributed by atoms with E-state index in [0.717, 1.165) is 27.6 Å². The van der Waals surface area contributed by atoms with Gasteiger partial charge in [-0.2, -0.15) is 5.10 Å². The number of carbonyl (C=O) groups is 1. The number of carbonyl (C=O) groups excluding carboxylic acids is 1. The number of benzene rings is 2. The first-order valence-electron chi connectivity index (χ1n) is 9.50. The second-order valence-corrected chi connectivity index (χ2v) is 7.39. The summed E-state index contributed by atoms with van der Waals surface area (Å²) in [4.78, 5) is 18.5. The van der Waals surface area contributed by atoms with Crippen molar-refractivity contribution in [3.8, 4) is 11.1 Å². The average molecular weight is 402 g/mol. The Kier molecular flexibility index (Phi) is 4.22. The molecule has 30 heavy (non-hydrogen) atoms. The SMILES string of the molecule is Cn1cc2cc(-c3ccc(CN4Cc5ccc(NN)nc5C4=O)c(F)c3)ccc2n1. The zero-order valence-electron chi connectivity index (χ0n) is 16.3. The molecule has 2 aromatic heterocycles. The van der Waals surface area contributed by atoms with E-state index in [-0.39, 0.29) is 18.3 Å². The second-order valence-electron chi connectivity index (χ2n) is 7.39. The first-order valence-corrected chi connectivity index (χ1v) is 9.50. The second kappa shape index (κ2) is 6.93. The number of pyridine rings is 1. The molecule has 3 heterocycles. The normalized spacial score (nSPS) is 13.2. The largest absolute Gasteiger partial charge is 0.328 e. The fraction of sp³-hybridized carbons (Fsp3) is 0.136. The number of aromatic nitrogens is 3. The predicted octanol–water partition coefficient (Wildman–Crippen LogP) is 3.22. The van der Waals surface area contributed by atoms with E-state index < -0.39 is 0 Å². The first-order chi connectivity index (χ1) is 14.5. The molecule has 0 aliphatic carbocycles. The van der Waals surface area contributed by atoms with Gasteiger partial charge in [0, 0.05) is 42.8 Å². The number of anilines is 1. The van der Waals surface area contributed by atoms with Gasteiger partial charge in [-0.1, -0.05) is 24.3 Å². The van der Waals surface area contributed by atoms with Crippen LogP contribution in [0.25, 0.3) is 22.0 Å². The molecule has 3 N–H and O–H groups in total. The van der Waals surface area contributed by atoms with Gasteiger partial charge < -0.3 is 10.3 Å². The Morgan fingerprint density at radius 3 is 2.73 bits per heavy atom. The third-order valence-electron chi connectivity index (χ3n) is 5.34. The number of hydrogen-bond acceptors (Lipinski definition) is 5. The van der Waals surface area contributed by atoms with Crippen molar-refractivity contribution in [1.82, 2.24) is 19.7 Å². The number of aryl methyl sites for hydroxylation is 1. The summed E-state index contributed by atoms with van der Waals surface area (Å²) in [5.74, 6) is 5.21. The van der Waals surface area contributed by atoms with Crippen molar-refractivity contribution in [2.75, 3.05) is 5.43 Å². The third-order valence-corrected chi connectivity index (χ3v) is 5.34. The van der Waals surface area contributed by atoms with Crippen molar-refractivity contribution in [1.29, 1.82) is 0 Å². The zero-order chi connectivity index (χ0) is 20.8. The molecule has 2 aromatic carbocycles. The van der Waals surface area contributed by atoms with Crippen LogP contribution in [0.4, 0.5) is 10.2 Å². The van der Waals surface area contributed by atoms with Crippen molar-refractivity contribution in [3.63, 3.8) is 0 Å². The number of nitrogens with two attached hydrogens (primary N) is 1. The molecule has 1 aliphatic rings. The lowest BCUT2D eigenvalue weighted by Crippen LogP contribution is -2.24. The Labute approximate surface area is 171 Å². The molecule has 7 nitrogen and oxygen atoms in total. The Balaban J connectivity index is 1.39. The van der Waals surface area contributed by atoms with E-state index in [9.17, 15) is 9.18 Å². The van der Waals surface area contributed by atoms with Crippen molar-refractivity contribution >= 4 is 22.6 Å². The molecule has 4 aromatic rings. The number of halogens is 1. The zero-order valence-corrected chi connectivity index (χ0v) is 16.3. The number of rotatable bonds is 4. The lowest BCUT2D eigenvalue weighted by Gasteiger charge is -2.16. The van der Waals surface area contributed by atoms with E-state index in [0.29, 0.717) is 23.6 Å². The first kappa shape index (κ1) is 18.3. The van der Waals surface area contributed by atoms with Gasteiger partial charge in [-0.15, -0.1) is 0 Å². The van der Waals surface area contributed by atoms with E-state index in [1.807, 2.05) is 43.6 Å². The van der Waals surface area contributed by atoms with Gasteiger partial charge in [-0.25, -0.2) is 15.2 Å². The standard InChI is InChI=1S/C22H19FN6O/c1-28-10-17-8-13(4-6-19(17)27-28)14-2-3-15(18(23)9-14)11-29-12-16-5-7-20(26-24)25-21(16)22(29)30/h2-10H,11-12,24H2,1H3,(H,25,26). The number of hydrazine groups is 1. The lowest BCUT2D eigenvalue weighted by molar-refractivity contribution is 0.0761. The Bertz CT molecular complexity index is 1300. The number of nitrogens with zero attached hydrogens (tertiary/aromatic N) is 4. The molecule has 0 unspecified atom stereocenters. The Morgan fingerprint density at radius 2 is 1.93 bits per heavy atom. The molecule has 0 saturated carbocycles. The van der Waals surface area contributed by atoms with Gasteiger partial charge in [0.15, 0.2) is 0 Å². The minimum absolute atomic E-state index is 0.175. The van der Waals surface area contributed by atoms with Crippen LogP contribution in [0, 0.1) is 5.82 Å². The van der Waals surface area contributed by atoms with Crippen LogP contribution in [0.2, 0.25) is 0 Å². The van der Waals surface area contributed by atoms with Crippen LogP contribution in [0.3, 0.4) is 0 Å². The molecule has 0 spiro atoms. The van der Waals surface area contributed by atoms with E-state index in [1.54, 1.807) is 21.7 Å². The van der Waals surface area contributed by atoms with Gasteiger partial charge in [0.25, 0.3) is 5.91 Å². The predicted molar refractivity (Wildman–Crippen MR) is 112 cm³/mol. The van der Waals surface area contributed by atoms with E-state index >= 15 is 0 Å². The quantitative estimate of drug-likeness (QED) is 0.404. The summed E-state index contributed by atoms with van der Waals surface area (Å²) >= 11 is 0. The maximum atomic E-state index is 14.9. The molecule has 5 rings (SSSR count). The van der Waals surface area contributed by atoms with Gasteiger partial charge >= 0.3 is 0 Å². The average Bonchev–Trinajstić information content (AvgIpc) is 3.27. The number of nitrogen functional groups attached to an aromatic ring is 1. The van der Waals surface area contributed by atoms with Crippen LogP contribution >= 0.6 is 0 Å². The van der Waals surface area contributed by atoms with Crippen LogP contribution in [-0.2, 0) is 20.1 Å². The van der Waals surface area contributed by atoms with Crippen molar-refractivity contribution in [2.24, 2.45) is 12.9 Å². The molecule has 0 bridgehead atoms. The highest BCUT2D eigenvalue weighted by Gasteiger charge is 2.29. The fourth-order valence-electron chi connectivity index (χ4n) is 3.83. The summed E-state index contributed by atoms with van der Waals surface area (Å²) in [6.45, 7) is 0.569. The summed E-state index contributed by atoms with van der Waals surface area (Å²) in [5.41, 5.74) is 6.64. The van der Waals surface area contributed by atoms with E-state index in [1.165, 1.54) is 6.07 Å². The van der Waals surface area contributed by atoms with Crippen LogP contribution in [0.1, 0.15) is 21.6 Å². The Morgan fingerprint density at radius 1 is 1.13 bits per heavy atom. The van der Waals surface area contributed by atoms with Crippen molar-refractivity contribution in [3.05, 3.63) is 77.4 Å². The summed E-state index contributed by atoms with van der Waals surface area (Å²) < 4.78 is 16.6. The number of nitrogens with one attached hydrogen (secondary N) is 1. The lowest BCUT2D eigenvalue weighted by atomic mass is 10.0. The monoisotopic (exact) mass is 402 g/mol. The third kappa shape index (κ3) is 3.07. The topological polar surface area (TPSA) is 89.1 Å². The Hall–Kier alpha value is -3.78. The summed E-state index contributed by atoms with van der Waals surface area (Å²) in [7, 11) is 1.87. The van der Waals surface area contributed by atoms with Gasteiger partial charge in [-0.05, 0) is 35.4 Å². The van der Waals surface area contributed by atoms with Crippen LogP contribution < -0.4 is 11.3 Å². The highest BCUT2D eigenvalue weighted by atomic mass is 19.1. The van der Waals surface area contributed by atoms with Crippen LogP contribution in [0.5, 0.6) is 0 Å². The van der Waals surface area contributed by atoms with Gasteiger partial charge in [0.1, 0.15) is 17.3 Å². The smallest absolute Gasteiger partial charge is 0.273 e. The molecule has 150 valence electrons. The van der Waals surface area contributed by atoms with Gasteiger partial charge in [0.2, 0.25) is 0 Å². The number of fused-ring (bicyclic) bond motifs is 2. The maximum Gasteiger partial charge on any atom is 0.273 e. The van der Waals surface area contributed by atoms with Crippen LogP contribution in [0.15, 0.2) is 54.7 Å². The minimum atomic E-state index is -0.347. The number of amides is 1. The summed E-state index contributed by atoms with van der Waals surface area (Å²) in [6, 6.07) is 14.5.